The first-order valence-electron chi connectivity index (χ1n) is 10.1. The molecule has 160 valence electrons. The van der Waals surface area contributed by atoms with Gasteiger partial charge < -0.3 is 9.47 Å². The van der Waals surface area contributed by atoms with Gasteiger partial charge >= 0.3 is 0 Å². The molecule has 1 fully saturated rings. The maximum absolute atomic E-state index is 13.5. The molecule has 3 aromatic rings. The number of alkyl halides is 2. The van der Waals surface area contributed by atoms with Crippen molar-refractivity contribution in [3.8, 4) is 5.75 Å². The van der Waals surface area contributed by atoms with E-state index in [0.29, 0.717) is 18.9 Å². The molecule has 0 spiro atoms. The Morgan fingerprint density at radius 1 is 1.20 bits per heavy atom. The van der Waals surface area contributed by atoms with Crippen molar-refractivity contribution in [1.82, 2.24) is 24.5 Å². The molecule has 0 unspecified atom stereocenters. The maximum Gasteiger partial charge on any atom is 0.280 e. The second-order valence-electron chi connectivity index (χ2n) is 7.44. The van der Waals surface area contributed by atoms with Crippen LogP contribution in [0.1, 0.15) is 42.1 Å². The highest BCUT2D eigenvalue weighted by molar-refractivity contribution is 5.32. The Morgan fingerprint density at radius 2 is 2.03 bits per heavy atom. The summed E-state index contributed by atoms with van der Waals surface area (Å²) in [6.07, 6.45) is 0.545. The zero-order valence-electron chi connectivity index (χ0n) is 16.9. The average molecular weight is 417 g/mol. The number of benzene rings is 1. The lowest BCUT2D eigenvalue weighted by molar-refractivity contribution is 0.142. The molecule has 0 aliphatic carbocycles. The minimum absolute atomic E-state index is 0.0922. The molecule has 0 saturated carbocycles. The Balaban J connectivity index is 1.43. The van der Waals surface area contributed by atoms with Crippen molar-refractivity contribution in [2.24, 2.45) is 0 Å². The lowest BCUT2D eigenvalue weighted by atomic mass is 9.93. The van der Waals surface area contributed by atoms with Gasteiger partial charge in [-0.05, 0) is 43.1 Å². The third-order valence-electron chi connectivity index (χ3n) is 5.33. The van der Waals surface area contributed by atoms with Gasteiger partial charge in [-0.2, -0.15) is 14.6 Å². The Hall–Kier alpha value is -2.65. The third kappa shape index (κ3) is 4.73. The quantitative estimate of drug-likeness (QED) is 0.523. The molecule has 0 radical (unpaired) electrons. The Kier molecular flexibility index (Phi) is 6.49. The summed E-state index contributed by atoms with van der Waals surface area (Å²) in [5, 5.41) is 3.86. The first-order chi connectivity index (χ1) is 14.6. The van der Waals surface area contributed by atoms with Crippen LogP contribution in [0.3, 0.4) is 0 Å². The van der Waals surface area contributed by atoms with Crippen molar-refractivity contribution < 1.29 is 18.3 Å². The SMILES string of the molecule is COCCOc1ccc(CN2CCC[C@@H](c3cc(C(F)F)n4ncnc4n3)C2)cc1. The summed E-state index contributed by atoms with van der Waals surface area (Å²) in [7, 11) is 1.65. The van der Waals surface area contributed by atoms with Gasteiger partial charge in [-0.15, -0.1) is 0 Å². The lowest BCUT2D eigenvalue weighted by Crippen LogP contribution is -2.34. The number of piperidine rings is 1. The van der Waals surface area contributed by atoms with Crippen LogP contribution in [-0.4, -0.2) is 57.9 Å². The number of ether oxygens (including phenoxy) is 2. The van der Waals surface area contributed by atoms with Crippen LogP contribution in [0.15, 0.2) is 36.7 Å². The average Bonchev–Trinajstić information content (AvgIpc) is 3.23. The van der Waals surface area contributed by atoms with Crippen molar-refractivity contribution in [1.29, 1.82) is 0 Å². The molecular formula is C21H25F2N5O2. The molecule has 7 nitrogen and oxygen atoms in total. The molecule has 1 aromatic carbocycles. The Morgan fingerprint density at radius 3 is 2.80 bits per heavy atom. The van der Waals surface area contributed by atoms with Crippen LogP contribution in [0.5, 0.6) is 5.75 Å². The van der Waals surface area contributed by atoms with Crippen LogP contribution in [0.25, 0.3) is 5.78 Å². The smallest absolute Gasteiger partial charge is 0.280 e. The fourth-order valence-electron chi connectivity index (χ4n) is 3.85. The lowest BCUT2D eigenvalue weighted by Gasteiger charge is -2.32. The highest BCUT2D eigenvalue weighted by Crippen LogP contribution is 2.29. The Bertz CT molecular complexity index is 964. The molecule has 0 N–H and O–H groups in total. The van der Waals surface area contributed by atoms with E-state index in [1.54, 1.807) is 7.11 Å². The van der Waals surface area contributed by atoms with Gasteiger partial charge in [0, 0.05) is 26.1 Å². The van der Waals surface area contributed by atoms with Crippen LogP contribution < -0.4 is 4.74 Å². The highest BCUT2D eigenvalue weighted by Gasteiger charge is 2.25. The summed E-state index contributed by atoms with van der Waals surface area (Å²) in [5.74, 6) is 1.14. The molecule has 0 bridgehead atoms. The van der Waals surface area contributed by atoms with E-state index in [0.717, 1.165) is 42.7 Å². The van der Waals surface area contributed by atoms with Gasteiger partial charge in [0.05, 0.1) is 12.3 Å². The summed E-state index contributed by atoms with van der Waals surface area (Å²) in [6.45, 7) is 3.61. The normalized spacial score (nSPS) is 17.7. The second-order valence-corrected chi connectivity index (χ2v) is 7.44. The third-order valence-corrected chi connectivity index (χ3v) is 5.33. The minimum Gasteiger partial charge on any atom is -0.491 e. The zero-order valence-corrected chi connectivity index (χ0v) is 16.9. The van der Waals surface area contributed by atoms with Gasteiger partial charge in [-0.3, -0.25) is 4.90 Å². The molecule has 9 heteroatoms. The zero-order chi connectivity index (χ0) is 20.9. The molecule has 1 atom stereocenters. The van der Waals surface area contributed by atoms with Crippen molar-refractivity contribution in [2.45, 2.75) is 31.7 Å². The van der Waals surface area contributed by atoms with Crippen LogP contribution in [0, 0.1) is 0 Å². The predicted octanol–water partition coefficient (Wildman–Crippen LogP) is 3.47. The van der Waals surface area contributed by atoms with Crippen molar-refractivity contribution in [2.75, 3.05) is 33.4 Å². The van der Waals surface area contributed by atoms with Crippen molar-refractivity contribution in [3.63, 3.8) is 0 Å². The number of hydrogen-bond donors (Lipinski definition) is 0. The number of likely N-dealkylation sites (tertiary alicyclic amines) is 1. The molecule has 3 heterocycles. The molecule has 30 heavy (non-hydrogen) atoms. The van der Waals surface area contributed by atoms with E-state index in [4.69, 9.17) is 9.47 Å². The molecule has 1 aliphatic heterocycles. The summed E-state index contributed by atoms with van der Waals surface area (Å²) < 4.78 is 38.7. The van der Waals surface area contributed by atoms with Gasteiger partial charge in [-0.1, -0.05) is 12.1 Å². The van der Waals surface area contributed by atoms with E-state index >= 15 is 0 Å². The standard InChI is InChI=1S/C21H25F2N5O2/c1-29-9-10-30-17-6-4-15(5-7-17)12-27-8-2-3-16(13-27)18-11-19(20(22)23)28-21(26-18)24-14-25-28/h4-7,11,14,16,20H,2-3,8-10,12-13H2,1H3/t16-/m1/s1. The summed E-state index contributed by atoms with van der Waals surface area (Å²) in [4.78, 5) is 10.8. The number of methoxy groups -OCH3 is 1. The predicted molar refractivity (Wildman–Crippen MR) is 107 cm³/mol. The van der Waals surface area contributed by atoms with Crippen molar-refractivity contribution >= 4 is 5.78 Å². The molecule has 2 aromatic heterocycles. The van der Waals surface area contributed by atoms with Gasteiger partial charge in [0.1, 0.15) is 24.4 Å². The number of fused-ring (bicyclic) bond motifs is 1. The second kappa shape index (κ2) is 9.44. The van der Waals surface area contributed by atoms with E-state index in [9.17, 15) is 8.78 Å². The molecule has 0 amide bonds. The number of aromatic nitrogens is 4. The van der Waals surface area contributed by atoms with Gasteiger partial charge in [0.25, 0.3) is 12.2 Å². The number of rotatable bonds is 8. The summed E-state index contributed by atoms with van der Waals surface area (Å²) in [6, 6.07) is 9.51. The molecule has 1 saturated heterocycles. The van der Waals surface area contributed by atoms with Crippen LogP contribution in [0.4, 0.5) is 8.78 Å². The molecular weight excluding hydrogens is 392 g/mol. The van der Waals surface area contributed by atoms with E-state index in [2.05, 4.69) is 32.1 Å². The topological polar surface area (TPSA) is 64.8 Å². The maximum atomic E-state index is 13.5. The van der Waals surface area contributed by atoms with E-state index < -0.39 is 6.43 Å². The Labute approximate surface area is 173 Å². The van der Waals surface area contributed by atoms with E-state index in [1.807, 2.05) is 12.1 Å². The fourth-order valence-corrected chi connectivity index (χ4v) is 3.85. The summed E-state index contributed by atoms with van der Waals surface area (Å²) >= 11 is 0. The number of nitrogens with zero attached hydrogens (tertiary/aromatic N) is 5. The number of hydrogen-bond acceptors (Lipinski definition) is 6. The van der Waals surface area contributed by atoms with Crippen LogP contribution in [0.2, 0.25) is 0 Å². The first kappa shape index (κ1) is 20.6. The van der Waals surface area contributed by atoms with Gasteiger partial charge in [0.2, 0.25) is 0 Å². The van der Waals surface area contributed by atoms with Crippen LogP contribution >= 0.6 is 0 Å². The van der Waals surface area contributed by atoms with E-state index in [1.165, 1.54) is 18.0 Å². The minimum atomic E-state index is -2.62. The van der Waals surface area contributed by atoms with Gasteiger partial charge in [-0.25, -0.2) is 13.8 Å². The van der Waals surface area contributed by atoms with E-state index in [-0.39, 0.29) is 17.4 Å². The number of halogens is 2. The van der Waals surface area contributed by atoms with Crippen LogP contribution in [-0.2, 0) is 11.3 Å². The largest absolute Gasteiger partial charge is 0.491 e. The monoisotopic (exact) mass is 417 g/mol. The molecule has 4 rings (SSSR count). The van der Waals surface area contributed by atoms with Crippen molar-refractivity contribution in [3.05, 3.63) is 53.6 Å². The van der Waals surface area contributed by atoms with Gasteiger partial charge in [0.15, 0.2) is 0 Å². The first-order valence-corrected chi connectivity index (χ1v) is 10.1. The highest BCUT2D eigenvalue weighted by atomic mass is 19.3. The molecule has 1 aliphatic rings. The summed E-state index contributed by atoms with van der Waals surface area (Å²) in [5.41, 5.74) is 1.69. The fraction of sp³-hybridized carbons (Fsp3) is 0.476.